The molecule has 0 N–H and O–H groups in total. The van der Waals surface area contributed by atoms with Gasteiger partial charge in [-0.15, -0.1) is 11.3 Å². The molecule has 2 heterocycles. The predicted octanol–water partition coefficient (Wildman–Crippen LogP) is 4.70. The molecule has 0 bridgehead atoms. The maximum absolute atomic E-state index is 13.6. The number of carbonyl (C=O) groups excluding carboxylic acids is 2. The molecule has 32 heavy (non-hydrogen) atoms. The fraction of sp³-hybridized carbons (Fsp3) is 0.167. The van der Waals surface area contributed by atoms with Crippen molar-refractivity contribution >= 4 is 38.7 Å². The molecule has 0 radical (unpaired) electrons. The van der Waals surface area contributed by atoms with Gasteiger partial charge in [0.15, 0.2) is 4.91 Å². The Balaban J connectivity index is 2.13. The first-order valence-electron chi connectivity index (χ1n) is 10.0. The third-order valence-electron chi connectivity index (χ3n) is 4.91. The average molecular weight is 469 g/mol. The zero-order valence-corrected chi connectivity index (χ0v) is 19.1. The molecule has 0 saturated heterocycles. The van der Waals surface area contributed by atoms with Gasteiger partial charge < -0.3 is 9.47 Å². The topological polar surface area (TPSA) is 86.7 Å². The van der Waals surface area contributed by atoms with E-state index < -0.39 is 26.7 Å². The third-order valence-corrected chi connectivity index (χ3v) is 8.39. The average Bonchev–Trinajstić information content (AvgIpc) is 3.29. The lowest BCUT2D eigenvalue weighted by molar-refractivity contribution is -0.137. The highest BCUT2D eigenvalue weighted by Gasteiger charge is 2.46. The molecule has 0 saturated carbocycles. The van der Waals surface area contributed by atoms with Gasteiger partial charge in [-0.2, -0.15) is 0 Å². The Bertz CT molecular complexity index is 1320. The highest BCUT2D eigenvalue weighted by atomic mass is 32.2. The molecule has 8 heteroatoms. The zero-order chi connectivity index (χ0) is 22.9. The second-order valence-corrected chi connectivity index (χ2v) is 9.95. The number of thiophene rings is 1. The molecule has 4 rings (SSSR count). The van der Waals surface area contributed by atoms with Crippen LogP contribution in [0.25, 0.3) is 16.7 Å². The van der Waals surface area contributed by atoms with E-state index in [2.05, 4.69) is 0 Å². The molecule has 3 aromatic rings. The van der Waals surface area contributed by atoms with Crippen molar-refractivity contribution in [2.45, 2.75) is 18.1 Å². The molecule has 2 aromatic carbocycles. The summed E-state index contributed by atoms with van der Waals surface area (Å²) in [6, 6.07) is 17.8. The number of sulfone groups is 1. The summed E-state index contributed by atoms with van der Waals surface area (Å²) in [5, 5.41) is 0. The Labute approximate surface area is 190 Å². The number of hydrogen-bond acceptors (Lipinski definition) is 7. The molecule has 0 fully saturated rings. The molecule has 1 aliphatic rings. The molecule has 0 atom stereocenters. The summed E-state index contributed by atoms with van der Waals surface area (Å²) in [6.07, 6.45) is 0. The first kappa shape index (κ1) is 22.0. The Morgan fingerprint density at radius 2 is 1.31 bits per heavy atom. The van der Waals surface area contributed by atoms with E-state index in [-0.39, 0.29) is 27.9 Å². The Morgan fingerprint density at radius 1 is 0.781 bits per heavy atom. The van der Waals surface area contributed by atoms with Gasteiger partial charge in [0.1, 0.15) is 9.09 Å². The van der Waals surface area contributed by atoms with Crippen molar-refractivity contribution in [3.63, 3.8) is 0 Å². The maximum Gasteiger partial charge on any atom is 0.350 e. The van der Waals surface area contributed by atoms with Crippen LogP contribution in [0, 0.1) is 0 Å². The largest absolute Gasteiger partial charge is 0.462 e. The molecular weight excluding hydrogens is 448 g/mol. The van der Waals surface area contributed by atoms with Gasteiger partial charge in [0.05, 0.1) is 13.2 Å². The smallest absolute Gasteiger partial charge is 0.350 e. The van der Waals surface area contributed by atoms with Crippen LogP contribution in [0.3, 0.4) is 0 Å². The summed E-state index contributed by atoms with van der Waals surface area (Å²) >= 11 is 0.824. The van der Waals surface area contributed by atoms with Crippen LogP contribution in [0.15, 0.2) is 69.8 Å². The summed E-state index contributed by atoms with van der Waals surface area (Å²) in [6.45, 7) is 3.49. The molecular formula is C24H20O6S2. The summed E-state index contributed by atoms with van der Waals surface area (Å²) in [7, 11) is -4.21. The van der Waals surface area contributed by atoms with Crippen LogP contribution in [-0.4, -0.2) is 33.6 Å². The van der Waals surface area contributed by atoms with Crippen molar-refractivity contribution in [2.75, 3.05) is 13.2 Å². The summed E-state index contributed by atoms with van der Waals surface area (Å²) in [5.41, 5.74) is 2.21. The lowest BCUT2D eigenvalue weighted by Gasteiger charge is -2.11. The molecule has 1 aromatic heterocycles. The van der Waals surface area contributed by atoms with Gasteiger partial charge in [-0.1, -0.05) is 60.7 Å². The van der Waals surface area contributed by atoms with E-state index in [0.29, 0.717) is 22.3 Å². The molecule has 0 spiro atoms. The third kappa shape index (κ3) is 3.55. The normalized spacial score (nSPS) is 14.2. The lowest BCUT2D eigenvalue weighted by atomic mass is 9.92. The number of esters is 2. The predicted molar refractivity (Wildman–Crippen MR) is 122 cm³/mol. The van der Waals surface area contributed by atoms with E-state index in [1.165, 1.54) is 0 Å². The summed E-state index contributed by atoms with van der Waals surface area (Å²) in [4.78, 5) is 25.4. The van der Waals surface area contributed by atoms with Crippen LogP contribution in [0.4, 0.5) is 0 Å². The minimum Gasteiger partial charge on any atom is -0.462 e. The van der Waals surface area contributed by atoms with Crippen molar-refractivity contribution in [3.8, 4) is 11.1 Å². The summed E-state index contributed by atoms with van der Waals surface area (Å²) in [5.74, 6) is -1.52. The van der Waals surface area contributed by atoms with Crippen molar-refractivity contribution in [3.05, 3.63) is 81.6 Å². The fourth-order valence-corrected chi connectivity index (χ4v) is 7.00. The first-order valence-corrected chi connectivity index (χ1v) is 12.3. The van der Waals surface area contributed by atoms with E-state index in [0.717, 1.165) is 11.3 Å². The van der Waals surface area contributed by atoms with E-state index in [1.807, 2.05) is 6.07 Å². The van der Waals surface area contributed by atoms with Gasteiger partial charge in [-0.25, -0.2) is 18.0 Å². The standard InChI is InChI=1S/C24H20O6S2/c1-3-29-22(25)20-17(15-11-7-5-8-12-15)19-18(16-13-9-6-10-14-16)21(23(26)30-4-2)32(27,28)24(19)31-20/h5-14H,3-4H2,1-2H3. The van der Waals surface area contributed by atoms with Crippen LogP contribution in [-0.2, 0) is 24.1 Å². The second-order valence-electron chi connectivity index (χ2n) is 6.85. The van der Waals surface area contributed by atoms with Gasteiger partial charge >= 0.3 is 11.9 Å². The molecule has 164 valence electrons. The first-order chi connectivity index (χ1) is 15.4. The molecule has 0 aliphatic carbocycles. The van der Waals surface area contributed by atoms with E-state index in [4.69, 9.17) is 9.47 Å². The Kier molecular flexibility index (Phi) is 5.99. The highest BCUT2D eigenvalue weighted by molar-refractivity contribution is 7.98. The SMILES string of the molecule is CCOC(=O)C1=C(c2ccccc2)c2c(sc(C(=O)OCC)c2-c2ccccc2)S1(=O)=O. The molecule has 1 aliphatic heterocycles. The number of benzene rings is 2. The number of ether oxygens (including phenoxy) is 2. The van der Waals surface area contributed by atoms with Crippen molar-refractivity contribution < 1.29 is 27.5 Å². The number of hydrogen-bond donors (Lipinski definition) is 0. The minimum atomic E-state index is -4.21. The van der Waals surface area contributed by atoms with E-state index in [9.17, 15) is 18.0 Å². The number of fused-ring (bicyclic) bond motifs is 1. The van der Waals surface area contributed by atoms with Crippen LogP contribution in [0.2, 0.25) is 0 Å². The van der Waals surface area contributed by atoms with Gasteiger partial charge in [0.2, 0.25) is 9.84 Å². The van der Waals surface area contributed by atoms with E-state index >= 15 is 0 Å². The van der Waals surface area contributed by atoms with Gasteiger partial charge in [0, 0.05) is 16.7 Å². The van der Waals surface area contributed by atoms with Crippen LogP contribution in [0.5, 0.6) is 0 Å². The van der Waals surface area contributed by atoms with Crippen LogP contribution in [0.1, 0.15) is 34.6 Å². The van der Waals surface area contributed by atoms with Crippen molar-refractivity contribution in [1.29, 1.82) is 0 Å². The Hall–Kier alpha value is -3.23. The Morgan fingerprint density at radius 3 is 1.88 bits per heavy atom. The van der Waals surface area contributed by atoms with Gasteiger partial charge in [-0.3, -0.25) is 0 Å². The fourth-order valence-electron chi connectivity index (χ4n) is 3.68. The molecule has 0 unspecified atom stereocenters. The van der Waals surface area contributed by atoms with Crippen molar-refractivity contribution in [1.82, 2.24) is 0 Å². The number of rotatable bonds is 6. The second kappa shape index (κ2) is 8.72. The van der Waals surface area contributed by atoms with Crippen molar-refractivity contribution in [2.24, 2.45) is 0 Å². The zero-order valence-electron chi connectivity index (χ0n) is 17.5. The maximum atomic E-state index is 13.6. The number of carbonyl (C=O) groups is 2. The summed E-state index contributed by atoms with van der Waals surface area (Å²) < 4.78 is 37.4. The quantitative estimate of drug-likeness (QED) is 0.488. The van der Waals surface area contributed by atoms with Crippen LogP contribution < -0.4 is 0 Å². The molecule has 0 amide bonds. The molecule has 6 nitrogen and oxygen atoms in total. The minimum absolute atomic E-state index is 0.0349. The van der Waals surface area contributed by atoms with Crippen LogP contribution >= 0.6 is 11.3 Å². The van der Waals surface area contributed by atoms with Gasteiger partial charge in [0.25, 0.3) is 0 Å². The monoisotopic (exact) mass is 468 g/mol. The highest BCUT2D eigenvalue weighted by Crippen LogP contribution is 2.53. The lowest BCUT2D eigenvalue weighted by Crippen LogP contribution is -2.15. The van der Waals surface area contributed by atoms with Gasteiger partial charge in [-0.05, 0) is 25.0 Å². The van der Waals surface area contributed by atoms with E-state index in [1.54, 1.807) is 68.4 Å².